The fourth-order valence-electron chi connectivity index (χ4n) is 7.28. The molecular formula is C21H31FO. The van der Waals surface area contributed by atoms with Crippen LogP contribution >= 0.6 is 0 Å². The van der Waals surface area contributed by atoms with Crippen molar-refractivity contribution >= 4 is 5.78 Å². The van der Waals surface area contributed by atoms with Gasteiger partial charge in [-0.3, -0.25) is 4.79 Å². The molecule has 0 heterocycles. The van der Waals surface area contributed by atoms with Crippen LogP contribution in [-0.2, 0) is 4.79 Å². The van der Waals surface area contributed by atoms with Gasteiger partial charge in [0.05, 0.1) is 0 Å². The van der Waals surface area contributed by atoms with E-state index >= 15 is 0 Å². The number of fused-ring (bicyclic) bond motifs is 5. The Morgan fingerprint density at radius 2 is 1.91 bits per heavy atom. The minimum Gasteiger partial charge on any atom is -0.300 e. The first-order valence-corrected chi connectivity index (χ1v) is 9.70. The third-order valence-electron chi connectivity index (χ3n) is 8.53. The van der Waals surface area contributed by atoms with Crippen molar-refractivity contribution in [2.75, 3.05) is 0 Å². The number of hydrogen-bond acceptors (Lipinski definition) is 1. The molecule has 0 aromatic carbocycles. The molecule has 0 saturated heterocycles. The molecule has 0 aromatic heterocycles. The van der Waals surface area contributed by atoms with E-state index in [1.165, 1.54) is 24.8 Å². The van der Waals surface area contributed by atoms with E-state index in [-0.39, 0.29) is 16.7 Å². The molecule has 0 radical (unpaired) electrons. The van der Waals surface area contributed by atoms with Crippen LogP contribution in [0.3, 0.4) is 0 Å². The summed E-state index contributed by atoms with van der Waals surface area (Å²) in [7, 11) is 0. The Morgan fingerprint density at radius 1 is 1.13 bits per heavy atom. The zero-order chi connectivity index (χ0) is 16.4. The van der Waals surface area contributed by atoms with Crippen LogP contribution in [0.5, 0.6) is 0 Å². The Kier molecular flexibility index (Phi) is 3.56. The van der Waals surface area contributed by atoms with E-state index in [0.717, 1.165) is 37.5 Å². The molecule has 128 valence electrons. The summed E-state index contributed by atoms with van der Waals surface area (Å²) in [6.07, 6.45) is 10.1. The second kappa shape index (κ2) is 5.17. The number of allylic oxidation sites excluding steroid dienone is 2. The second-order valence-corrected chi connectivity index (χ2v) is 9.38. The van der Waals surface area contributed by atoms with Crippen molar-refractivity contribution in [3.63, 3.8) is 0 Å². The summed E-state index contributed by atoms with van der Waals surface area (Å²) in [6, 6.07) is 0. The first kappa shape index (κ1) is 15.8. The van der Waals surface area contributed by atoms with Crippen molar-refractivity contribution in [2.24, 2.45) is 34.5 Å². The smallest absolute Gasteiger partial charge is 0.133 e. The summed E-state index contributed by atoms with van der Waals surface area (Å²) in [5.41, 5.74) is 1.88. The van der Waals surface area contributed by atoms with E-state index in [9.17, 15) is 9.18 Å². The first-order valence-electron chi connectivity index (χ1n) is 9.70. The van der Waals surface area contributed by atoms with E-state index in [1.54, 1.807) is 6.92 Å². The lowest BCUT2D eigenvalue weighted by atomic mass is 9.47. The Hall–Kier alpha value is -0.660. The van der Waals surface area contributed by atoms with E-state index in [2.05, 4.69) is 19.9 Å². The van der Waals surface area contributed by atoms with Crippen LogP contribution in [0.25, 0.3) is 0 Å². The Bertz CT molecular complexity index is 552. The highest BCUT2D eigenvalue weighted by Crippen LogP contribution is 2.66. The number of halogens is 1. The highest BCUT2D eigenvalue weighted by Gasteiger charge is 2.59. The van der Waals surface area contributed by atoms with Crippen molar-refractivity contribution < 1.29 is 9.18 Å². The highest BCUT2D eigenvalue weighted by atomic mass is 19.1. The fraction of sp³-hybridized carbons (Fsp3) is 0.857. The summed E-state index contributed by atoms with van der Waals surface area (Å²) >= 11 is 0. The first-order chi connectivity index (χ1) is 10.9. The molecule has 3 saturated carbocycles. The lowest BCUT2D eigenvalue weighted by Gasteiger charge is -2.57. The lowest BCUT2D eigenvalue weighted by Crippen LogP contribution is -2.50. The molecule has 0 amide bonds. The van der Waals surface area contributed by atoms with E-state index < -0.39 is 6.17 Å². The number of carbonyl (C=O) groups is 1. The Labute approximate surface area is 140 Å². The maximum atomic E-state index is 13.9. The van der Waals surface area contributed by atoms with Crippen LogP contribution in [0.4, 0.5) is 4.39 Å². The average Bonchev–Trinajstić information content (AvgIpc) is 2.85. The average molecular weight is 318 g/mol. The van der Waals surface area contributed by atoms with Crippen molar-refractivity contribution in [1.82, 2.24) is 0 Å². The van der Waals surface area contributed by atoms with Gasteiger partial charge < -0.3 is 0 Å². The molecule has 4 aliphatic carbocycles. The van der Waals surface area contributed by atoms with Gasteiger partial charge in [-0.25, -0.2) is 4.39 Å². The van der Waals surface area contributed by atoms with Crippen molar-refractivity contribution in [1.29, 1.82) is 0 Å². The third-order valence-corrected chi connectivity index (χ3v) is 8.53. The SMILES string of the molecule is CC(=O)[C@H]1CC[C@H]2[C@@H]3CC=C4C[C@@H](F)CC[C@]4(C)[C@H]3CC[C@]12C. The van der Waals surface area contributed by atoms with Crippen molar-refractivity contribution in [3.8, 4) is 0 Å². The van der Waals surface area contributed by atoms with Gasteiger partial charge in [0.2, 0.25) is 0 Å². The van der Waals surface area contributed by atoms with Crippen LogP contribution in [-0.4, -0.2) is 12.0 Å². The largest absolute Gasteiger partial charge is 0.300 e. The summed E-state index contributed by atoms with van der Waals surface area (Å²) in [5.74, 6) is 2.84. The predicted octanol–water partition coefficient (Wildman–Crippen LogP) is 5.49. The van der Waals surface area contributed by atoms with Crippen LogP contribution in [0.2, 0.25) is 0 Å². The number of alkyl halides is 1. The maximum absolute atomic E-state index is 13.9. The molecule has 0 bridgehead atoms. The lowest BCUT2D eigenvalue weighted by molar-refractivity contribution is -0.127. The van der Waals surface area contributed by atoms with Crippen LogP contribution in [0, 0.1) is 34.5 Å². The van der Waals surface area contributed by atoms with E-state index in [4.69, 9.17) is 0 Å². The molecule has 1 nitrogen and oxygen atoms in total. The van der Waals surface area contributed by atoms with E-state index in [0.29, 0.717) is 18.1 Å². The standard InChI is InChI=1S/C21H31FO/c1-13(23)17-6-7-18-16-5-4-14-12-15(22)8-10-20(14,2)19(16)9-11-21(17,18)3/h4,15-19H,5-12H2,1-3H3/t15-,16-,17+,18-,19-,20-,21+/m0/s1. The quantitative estimate of drug-likeness (QED) is 0.584. The monoisotopic (exact) mass is 318 g/mol. The molecule has 4 aliphatic rings. The Balaban J connectivity index is 1.66. The summed E-state index contributed by atoms with van der Waals surface area (Å²) in [6.45, 7) is 6.61. The third kappa shape index (κ3) is 2.12. The second-order valence-electron chi connectivity index (χ2n) is 9.38. The van der Waals surface area contributed by atoms with Gasteiger partial charge in [0.15, 0.2) is 0 Å². The van der Waals surface area contributed by atoms with Gasteiger partial charge in [-0.1, -0.05) is 25.5 Å². The number of ketones is 1. The van der Waals surface area contributed by atoms with Crippen molar-refractivity contribution in [3.05, 3.63) is 11.6 Å². The van der Waals surface area contributed by atoms with Crippen molar-refractivity contribution in [2.45, 2.75) is 78.3 Å². The number of hydrogen-bond donors (Lipinski definition) is 0. The molecule has 0 aromatic rings. The molecule has 0 unspecified atom stereocenters. The number of Topliss-reactive ketones (excluding diaryl/α,β-unsaturated/α-hetero) is 1. The van der Waals surface area contributed by atoms with E-state index in [1.807, 2.05) is 0 Å². The molecule has 4 rings (SSSR count). The zero-order valence-corrected chi connectivity index (χ0v) is 14.9. The van der Waals surface area contributed by atoms with Gasteiger partial charge >= 0.3 is 0 Å². The normalized spacial score (nSPS) is 52.2. The van der Waals surface area contributed by atoms with Gasteiger partial charge in [-0.2, -0.15) is 0 Å². The van der Waals surface area contributed by atoms with Crippen LogP contribution in [0.1, 0.15) is 72.1 Å². The zero-order valence-electron chi connectivity index (χ0n) is 14.9. The molecule has 0 N–H and O–H groups in total. The maximum Gasteiger partial charge on any atom is 0.133 e. The highest BCUT2D eigenvalue weighted by molar-refractivity contribution is 5.79. The fourth-order valence-corrected chi connectivity index (χ4v) is 7.28. The Morgan fingerprint density at radius 3 is 2.65 bits per heavy atom. The molecular weight excluding hydrogens is 287 g/mol. The molecule has 23 heavy (non-hydrogen) atoms. The molecule has 0 aliphatic heterocycles. The number of carbonyl (C=O) groups excluding carboxylic acids is 1. The van der Waals surface area contributed by atoms with Gasteiger partial charge in [0.25, 0.3) is 0 Å². The summed E-state index contributed by atoms with van der Waals surface area (Å²) < 4.78 is 13.9. The molecule has 7 atom stereocenters. The number of rotatable bonds is 1. The van der Waals surface area contributed by atoms with Gasteiger partial charge in [-0.05, 0) is 80.5 Å². The molecule has 0 spiro atoms. The summed E-state index contributed by atoms with van der Waals surface area (Å²) in [4.78, 5) is 12.1. The van der Waals surface area contributed by atoms with Crippen LogP contribution < -0.4 is 0 Å². The summed E-state index contributed by atoms with van der Waals surface area (Å²) in [5, 5.41) is 0. The van der Waals surface area contributed by atoms with Gasteiger partial charge in [-0.15, -0.1) is 0 Å². The minimum atomic E-state index is -0.617. The predicted molar refractivity (Wildman–Crippen MR) is 90.8 cm³/mol. The topological polar surface area (TPSA) is 17.1 Å². The van der Waals surface area contributed by atoms with Gasteiger partial charge in [0, 0.05) is 12.3 Å². The minimum absolute atomic E-state index is 0.228. The van der Waals surface area contributed by atoms with Gasteiger partial charge in [0.1, 0.15) is 12.0 Å². The van der Waals surface area contributed by atoms with Crippen LogP contribution in [0.15, 0.2) is 11.6 Å². The molecule has 2 heteroatoms. The molecule has 3 fully saturated rings.